The van der Waals surface area contributed by atoms with Crippen LogP contribution in [0.5, 0.6) is 0 Å². The monoisotopic (exact) mass is 313 g/mol. The molecule has 0 fully saturated rings. The third-order valence-electron chi connectivity index (χ3n) is 2.76. The molecule has 112 valence electrons. The molecule has 0 radical (unpaired) electrons. The van der Waals surface area contributed by atoms with Gasteiger partial charge >= 0.3 is 6.18 Å². The van der Waals surface area contributed by atoms with Crippen LogP contribution in [-0.4, -0.2) is 12.3 Å². The van der Waals surface area contributed by atoms with E-state index in [0.717, 1.165) is 0 Å². The lowest BCUT2D eigenvalue weighted by molar-refractivity contribution is -0.133. The standard InChI is InChI=1S/C15H14F3NOS/c1-3-20-19-10(2)13-9-12(11-7-5-4-6-8-11)14(21-13)15(16,17)18/h4-9H,3H2,1-2H3/b19-10+. The Balaban J connectivity index is 2.51. The van der Waals surface area contributed by atoms with E-state index in [9.17, 15) is 13.2 Å². The van der Waals surface area contributed by atoms with Crippen molar-refractivity contribution in [3.05, 3.63) is 46.2 Å². The molecule has 0 saturated carbocycles. The fourth-order valence-electron chi connectivity index (χ4n) is 1.82. The van der Waals surface area contributed by atoms with Gasteiger partial charge in [-0.3, -0.25) is 0 Å². The lowest BCUT2D eigenvalue weighted by atomic mass is 10.1. The molecule has 0 bridgehead atoms. The molecular weight excluding hydrogens is 299 g/mol. The lowest BCUT2D eigenvalue weighted by Crippen LogP contribution is -2.03. The highest BCUT2D eigenvalue weighted by Gasteiger charge is 2.36. The molecule has 2 nitrogen and oxygen atoms in total. The van der Waals surface area contributed by atoms with Crippen LogP contribution >= 0.6 is 11.3 Å². The highest BCUT2D eigenvalue weighted by atomic mass is 32.1. The van der Waals surface area contributed by atoms with Crippen molar-refractivity contribution in [1.82, 2.24) is 0 Å². The van der Waals surface area contributed by atoms with Gasteiger partial charge in [0, 0.05) is 5.56 Å². The van der Waals surface area contributed by atoms with Crippen molar-refractivity contribution in [3.63, 3.8) is 0 Å². The molecule has 0 aliphatic rings. The predicted molar refractivity (Wildman–Crippen MR) is 78.6 cm³/mol. The highest BCUT2D eigenvalue weighted by molar-refractivity contribution is 7.14. The van der Waals surface area contributed by atoms with Gasteiger partial charge in [-0.1, -0.05) is 35.5 Å². The Morgan fingerprint density at radius 1 is 1.24 bits per heavy atom. The molecule has 1 heterocycles. The number of halogens is 3. The summed E-state index contributed by atoms with van der Waals surface area (Å²) in [6.07, 6.45) is -4.39. The first-order valence-electron chi connectivity index (χ1n) is 6.37. The number of alkyl halides is 3. The van der Waals surface area contributed by atoms with Crippen molar-refractivity contribution in [3.8, 4) is 11.1 Å². The van der Waals surface area contributed by atoms with E-state index in [1.165, 1.54) is 6.07 Å². The summed E-state index contributed by atoms with van der Waals surface area (Å²) in [5, 5.41) is 3.80. The topological polar surface area (TPSA) is 21.6 Å². The van der Waals surface area contributed by atoms with E-state index >= 15 is 0 Å². The minimum Gasteiger partial charge on any atom is -0.396 e. The van der Waals surface area contributed by atoms with Gasteiger partial charge in [-0.2, -0.15) is 13.2 Å². The van der Waals surface area contributed by atoms with Crippen LogP contribution in [0.2, 0.25) is 0 Å². The normalized spacial score (nSPS) is 12.5. The molecule has 0 unspecified atom stereocenters. The molecule has 0 amide bonds. The number of hydrogen-bond acceptors (Lipinski definition) is 3. The van der Waals surface area contributed by atoms with Crippen LogP contribution in [0.4, 0.5) is 13.2 Å². The van der Waals surface area contributed by atoms with E-state index in [-0.39, 0.29) is 5.56 Å². The zero-order chi connectivity index (χ0) is 15.5. The van der Waals surface area contributed by atoms with Crippen LogP contribution in [0.1, 0.15) is 23.6 Å². The number of thiophene rings is 1. The van der Waals surface area contributed by atoms with Crippen LogP contribution in [0.3, 0.4) is 0 Å². The zero-order valence-electron chi connectivity index (χ0n) is 11.6. The second-order valence-electron chi connectivity index (χ2n) is 4.31. The molecule has 1 aromatic heterocycles. The van der Waals surface area contributed by atoms with E-state index in [4.69, 9.17) is 4.84 Å². The van der Waals surface area contributed by atoms with Crippen molar-refractivity contribution in [2.75, 3.05) is 6.61 Å². The second kappa shape index (κ2) is 6.30. The fraction of sp³-hybridized carbons (Fsp3) is 0.267. The smallest absolute Gasteiger partial charge is 0.396 e. The van der Waals surface area contributed by atoms with Crippen LogP contribution in [0.15, 0.2) is 41.6 Å². The molecule has 2 aromatic rings. The Labute approximate surface area is 124 Å². The van der Waals surface area contributed by atoms with Crippen molar-refractivity contribution in [2.45, 2.75) is 20.0 Å². The number of rotatable bonds is 4. The first kappa shape index (κ1) is 15.6. The molecular formula is C15H14F3NOS. The molecule has 0 saturated heterocycles. The number of benzene rings is 1. The number of nitrogens with zero attached hydrogens (tertiary/aromatic N) is 1. The molecule has 0 aliphatic carbocycles. The number of oxime groups is 1. The molecule has 6 heteroatoms. The summed E-state index contributed by atoms with van der Waals surface area (Å²) in [6, 6.07) is 10.0. The first-order chi connectivity index (χ1) is 9.93. The van der Waals surface area contributed by atoms with Gasteiger partial charge in [0.2, 0.25) is 0 Å². The van der Waals surface area contributed by atoms with Crippen LogP contribution in [-0.2, 0) is 11.0 Å². The molecule has 0 N–H and O–H groups in total. The summed E-state index contributed by atoms with van der Waals surface area (Å²) in [4.78, 5) is 4.74. The lowest BCUT2D eigenvalue weighted by Gasteiger charge is -2.07. The van der Waals surface area contributed by atoms with Gasteiger partial charge < -0.3 is 4.84 Å². The maximum absolute atomic E-state index is 13.2. The average molecular weight is 313 g/mol. The summed E-state index contributed by atoms with van der Waals surface area (Å²) >= 11 is 0.684. The molecule has 0 spiro atoms. The van der Waals surface area contributed by atoms with E-state index in [1.54, 1.807) is 44.2 Å². The molecule has 1 aromatic carbocycles. The van der Waals surface area contributed by atoms with Crippen molar-refractivity contribution in [1.29, 1.82) is 0 Å². The van der Waals surface area contributed by atoms with E-state index < -0.39 is 11.1 Å². The average Bonchev–Trinajstić information content (AvgIpc) is 2.91. The predicted octanol–water partition coefficient (Wildman–Crippen LogP) is 5.19. The molecule has 0 aliphatic heterocycles. The van der Waals surface area contributed by atoms with E-state index in [2.05, 4.69) is 5.16 Å². The van der Waals surface area contributed by atoms with Gasteiger partial charge in [0.25, 0.3) is 0 Å². The van der Waals surface area contributed by atoms with Crippen molar-refractivity contribution in [2.24, 2.45) is 5.16 Å². The third-order valence-corrected chi connectivity index (χ3v) is 4.05. The highest BCUT2D eigenvalue weighted by Crippen LogP contribution is 2.42. The Morgan fingerprint density at radius 3 is 2.48 bits per heavy atom. The van der Waals surface area contributed by atoms with Crippen molar-refractivity contribution < 1.29 is 18.0 Å². The summed E-state index contributed by atoms with van der Waals surface area (Å²) in [5.41, 5.74) is 1.15. The summed E-state index contributed by atoms with van der Waals surface area (Å²) in [7, 11) is 0. The first-order valence-corrected chi connectivity index (χ1v) is 7.18. The Morgan fingerprint density at radius 2 is 1.90 bits per heavy atom. The minimum atomic E-state index is -4.39. The molecule has 2 rings (SSSR count). The van der Waals surface area contributed by atoms with Gasteiger partial charge in [-0.05, 0) is 25.5 Å². The van der Waals surface area contributed by atoms with E-state index in [0.29, 0.717) is 34.1 Å². The Kier molecular flexibility index (Phi) is 4.67. The van der Waals surface area contributed by atoms with Gasteiger partial charge in [-0.25, -0.2) is 0 Å². The largest absolute Gasteiger partial charge is 0.426 e. The quantitative estimate of drug-likeness (QED) is 0.562. The second-order valence-corrected chi connectivity index (χ2v) is 5.36. The third kappa shape index (κ3) is 3.64. The number of hydrogen-bond donors (Lipinski definition) is 0. The fourth-order valence-corrected chi connectivity index (χ4v) is 2.80. The molecule has 21 heavy (non-hydrogen) atoms. The van der Waals surface area contributed by atoms with Crippen molar-refractivity contribution >= 4 is 17.0 Å². The summed E-state index contributed by atoms with van der Waals surface area (Å²) in [6.45, 7) is 3.78. The maximum Gasteiger partial charge on any atom is 0.426 e. The van der Waals surface area contributed by atoms with Crippen LogP contribution in [0.25, 0.3) is 11.1 Å². The SMILES string of the molecule is CCO/N=C(\C)c1cc(-c2ccccc2)c(C(F)(F)F)s1. The molecule has 0 atom stereocenters. The van der Waals surface area contributed by atoms with E-state index in [1.807, 2.05) is 0 Å². The minimum absolute atomic E-state index is 0.175. The maximum atomic E-state index is 13.2. The van der Waals surface area contributed by atoms with Crippen LogP contribution < -0.4 is 0 Å². The van der Waals surface area contributed by atoms with Gasteiger partial charge in [-0.15, -0.1) is 11.3 Å². The van der Waals surface area contributed by atoms with Gasteiger partial charge in [0.15, 0.2) is 0 Å². The zero-order valence-corrected chi connectivity index (χ0v) is 12.4. The van der Waals surface area contributed by atoms with Crippen LogP contribution in [0, 0.1) is 0 Å². The summed E-state index contributed by atoms with van der Waals surface area (Å²) < 4.78 is 39.6. The van der Waals surface area contributed by atoms with Gasteiger partial charge in [0.05, 0.1) is 10.6 Å². The summed E-state index contributed by atoms with van der Waals surface area (Å²) in [5.74, 6) is 0. The van der Waals surface area contributed by atoms with Gasteiger partial charge in [0.1, 0.15) is 11.5 Å². The Hall–Kier alpha value is -1.82. The Bertz CT molecular complexity index is 632.